The van der Waals surface area contributed by atoms with Gasteiger partial charge in [0.25, 0.3) is 11.8 Å². The topological polar surface area (TPSA) is 58.9 Å². The van der Waals surface area contributed by atoms with E-state index in [1.807, 2.05) is 0 Å². The van der Waals surface area contributed by atoms with Gasteiger partial charge in [0.05, 0.1) is 11.8 Å². The van der Waals surface area contributed by atoms with Crippen molar-refractivity contribution in [3.05, 3.63) is 24.3 Å². The maximum absolute atomic E-state index is 11.1. The van der Waals surface area contributed by atoms with Gasteiger partial charge in [-0.15, -0.1) is 10.2 Å². The molecule has 0 radical (unpaired) electrons. The minimum atomic E-state index is -0.417. The molecule has 1 aliphatic heterocycles. The van der Waals surface area contributed by atoms with Gasteiger partial charge in [0.2, 0.25) is 0 Å². The van der Waals surface area contributed by atoms with Gasteiger partial charge in [-0.25, -0.2) is 0 Å². The number of rotatable bonds is 0. The lowest BCUT2D eigenvalue weighted by atomic mass is 9.86. The highest BCUT2D eigenvalue weighted by molar-refractivity contribution is 5.95. The first-order chi connectivity index (χ1) is 5.79. The lowest BCUT2D eigenvalue weighted by Gasteiger charge is -2.19. The van der Waals surface area contributed by atoms with Crippen LogP contribution in [0.15, 0.2) is 34.5 Å². The molecule has 0 N–H and O–H groups in total. The van der Waals surface area contributed by atoms with Crippen LogP contribution in [0.5, 0.6) is 0 Å². The zero-order chi connectivity index (χ0) is 8.55. The van der Waals surface area contributed by atoms with Crippen molar-refractivity contribution in [2.75, 3.05) is 0 Å². The van der Waals surface area contributed by atoms with Crippen LogP contribution in [0.1, 0.15) is 0 Å². The van der Waals surface area contributed by atoms with Crippen molar-refractivity contribution in [2.24, 2.45) is 22.1 Å². The second kappa shape index (κ2) is 2.48. The standard InChI is InChI=1S/C8H6N2O2/c11-7-5-3-1-2-4-6(5)8(12)10-9-7/h1-6H. The molecule has 0 aromatic carbocycles. The van der Waals surface area contributed by atoms with Crippen molar-refractivity contribution in [2.45, 2.75) is 0 Å². The second-order valence-corrected chi connectivity index (χ2v) is 2.70. The van der Waals surface area contributed by atoms with Crippen molar-refractivity contribution >= 4 is 11.8 Å². The van der Waals surface area contributed by atoms with E-state index in [1.54, 1.807) is 24.3 Å². The first kappa shape index (κ1) is 7.09. The lowest BCUT2D eigenvalue weighted by molar-refractivity contribution is -0.132. The second-order valence-electron chi connectivity index (χ2n) is 2.70. The smallest absolute Gasteiger partial charge is 0.270 e. The zero-order valence-electron chi connectivity index (χ0n) is 6.18. The highest BCUT2D eigenvalue weighted by atomic mass is 16.2. The summed E-state index contributed by atoms with van der Waals surface area (Å²) in [7, 11) is 0. The Kier molecular flexibility index (Phi) is 1.46. The fourth-order valence-corrected chi connectivity index (χ4v) is 1.31. The van der Waals surface area contributed by atoms with E-state index in [4.69, 9.17) is 0 Å². The molecule has 0 saturated carbocycles. The minimum absolute atomic E-state index is 0.333. The molecule has 1 heterocycles. The van der Waals surface area contributed by atoms with Crippen LogP contribution in [0.3, 0.4) is 0 Å². The highest BCUT2D eigenvalue weighted by Gasteiger charge is 2.34. The van der Waals surface area contributed by atoms with Crippen LogP contribution in [-0.2, 0) is 9.59 Å². The number of azo groups is 1. The van der Waals surface area contributed by atoms with Crippen molar-refractivity contribution in [3.63, 3.8) is 0 Å². The van der Waals surface area contributed by atoms with E-state index in [-0.39, 0.29) is 11.8 Å². The number of nitrogens with zero attached hydrogens (tertiary/aromatic N) is 2. The predicted molar refractivity (Wildman–Crippen MR) is 40.1 cm³/mol. The summed E-state index contributed by atoms with van der Waals surface area (Å²) >= 11 is 0. The van der Waals surface area contributed by atoms with E-state index in [0.717, 1.165) is 0 Å². The fraction of sp³-hybridized carbons (Fsp3) is 0.250. The Labute approximate surface area is 68.7 Å². The van der Waals surface area contributed by atoms with Crippen LogP contribution < -0.4 is 0 Å². The molecule has 0 spiro atoms. The zero-order valence-corrected chi connectivity index (χ0v) is 6.18. The molecule has 4 nitrogen and oxygen atoms in total. The number of fused-ring (bicyclic) bond motifs is 1. The van der Waals surface area contributed by atoms with Crippen molar-refractivity contribution in [1.29, 1.82) is 0 Å². The van der Waals surface area contributed by atoms with E-state index in [0.29, 0.717) is 0 Å². The van der Waals surface area contributed by atoms with Gasteiger partial charge in [-0.2, -0.15) is 0 Å². The Morgan fingerprint density at radius 2 is 1.33 bits per heavy atom. The van der Waals surface area contributed by atoms with Gasteiger partial charge < -0.3 is 0 Å². The monoisotopic (exact) mass is 162 g/mol. The summed E-state index contributed by atoms with van der Waals surface area (Å²) in [6.07, 6.45) is 6.85. The van der Waals surface area contributed by atoms with E-state index >= 15 is 0 Å². The average Bonchev–Trinajstić information content (AvgIpc) is 2.12. The fourth-order valence-electron chi connectivity index (χ4n) is 1.31. The van der Waals surface area contributed by atoms with E-state index in [1.165, 1.54) is 0 Å². The van der Waals surface area contributed by atoms with E-state index < -0.39 is 11.8 Å². The molecule has 0 saturated heterocycles. The molecule has 1 aliphatic carbocycles. The van der Waals surface area contributed by atoms with Crippen LogP contribution in [0, 0.1) is 11.8 Å². The maximum Gasteiger partial charge on any atom is 0.272 e. The Hall–Kier alpha value is -1.58. The molecule has 2 amide bonds. The van der Waals surface area contributed by atoms with Gasteiger partial charge >= 0.3 is 0 Å². The molecule has 60 valence electrons. The SMILES string of the molecule is O=C1N=NC(=O)C2C=CC=CC12. The minimum Gasteiger partial charge on any atom is -0.270 e. The summed E-state index contributed by atoms with van der Waals surface area (Å²) in [5.41, 5.74) is 0. The molecule has 2 rings (SSSR count). The van der Waals surface area contributed by atoms with Crippen molar-refractivity contribution < 1.29 is 9.59 Å². The van der Waals surface area contributed by atoms with Crippen LogP contribution in [0.25, 0.3) is 0 Å². The predicted octanol–water partition coefficient (Wildman–Crippen LogP) is 0.864. The summed E-state index contributed by atoms with van der Waals surface area (Å²) in [5, 5.41) is 6.49. The molecule has 4 heteroatoms. The lowest BCUT2D eigenvalue weighted by Crippen LogP contribution is -2.29. The van der Waals surface area contributed by atoms with Gasteiger partial charge in [0.1, 0.15) is 0 Å². The first-order valence-electron chi connectivity index (χ1n) is 3.63. The number of amides is 2. The van der Waals surface area contributed by atoms with E-state index in [2.05, 4.69) is 10.2 Å². The Morgan fingerprint density at radius 3 is 1.75 bits per heavy atom. The Balaban J connectivity index is 2.41. The summed E-state index contributed by atoms with van der Waals surface area (Å²) < 4.78 is 0. The van der Waals surface area contributed by atoms with Gasteiger partial charge in [-0.05, 0) is 0 Å². The number of allylic oxidation sites excluding steroid dienone is 2. The Bertz CT molecular complexity index is 296. The van der Waals surface area contributed by atoms with Gasteiger partial charge in [0, 0.05) is 0 Å². The summed E-state index contributed by atoms with van der Waals surface area (Å²) in [6, 6.07) is 0. The van der Waals surface area contributed by atoms with Crippen molar-refractivity contribution in [1.82, 2.24) is 0 Å². The van der Waals surface area contributed by atoms with E-state index in [9.17, 15) is 9.59 Å². The maximum atomic E-state index is 11.1. The third-order valence-corrected chi connectivity index (χ3v) is 1.95. The first-order valence-corrected chi connectivity index (χ1v) is 3.63. The molecular formula is C8H6N2O2. The molecule has 2 aliphatic rings. The number of carbonyl (C=O) groups is 2. The molecule has 0 fully saturated rings. The highest BCUT2D eigenvalue weighted by Crippen LogP contribution is 2.25. The van der Waals surface area contributed by atoms with Gasteiger partial charge in [-0.3, -0.25) is 9.59 Å². The third kappa shape index (κ3) is 0.922. The molecular weight excluding hydrogens is 156 g/mol. The number of hydrogen-bond acceptors (Lipinski definition) is 2. The van der Waals surface area contributed by atoms with Crippen LogP contribution in [-0.4, -0.2) is 11.8 Å². The van der Waals surface area contributed by atoms with Crippen LogP contribution in [0.4, 0.5) is 0 Å². The van der Waals surface area contributed by atoms with Gasteiger partial charge in [0.15, 0.2) is 0 Å². The number of hydrogen-bond donors (Lipinski definition) is 0. The molecule has 2 atom stereocenters. The number of carbonyl (C=O) groups excluding carboxylic acids is 2. The third-order valence-electron chi connectivity index (χ3n) is 1.95. The molecule has 0 aromatic rings. The largest absolute Gasteiger partial charge is 0.272 e. The quantitative estimate of drug-likeness (QED) is 0.530. The normalized spacial score (nSPS) is 32.3. The molecule has 12 heavy (non-hydrogen) atoms. The van der Waals surface area contributed by atoms with Crippen LogP contribution in [0.2, 0.25) is 0 Å². The van der Waals surface area contributed by atoms with Crippen LogP contribution >= 0.6 is 0 Å². The summed E-state index contributed by atoms with van der Waals surface area (Å²) in [5.74, 6) is -1.50. The molecule has 0 aromatic heterocycles. The summed E-state index contributed by atoms with van der Waals surface area (Å²) in [6.45, 7) is 0. The summed E-state index contributed by atoms with van der Waals surface area (Å²) in [4.78, 5) is 22.2. The molecule has 2 unspecified atom stereocenters. The van der Waals surface area contributed by atoms with Crippen molar-refractivity contribution in [3.8, 4) is 0 Å². The average molecular weight is 162 g/mol. The molecule has 0 bridgehead atoms. The van der Waals surface area contributed by atoms with Gasteiger partial charge in [-0.1, -0.05) is 24.3 Å². The Morgan fingerprint density at radius 1 is 0.917 bits per heavy atom.